The van der Waals surface area contributed by atoms with Crippen molar-refractivity contribution in [3.63, 3.8) is 0 Å². The van der Waals surface area contributed by atoms with Gasteiger partial charge < -0.3 is 15.3 Å². The van der Waals surface area contributed by atoms with Gasteiger partial charge in [0.15, 0.2) is 0 Å². The molecule has 2 rings (SSSR count). The average Bonchev–Trinajstić information content (AvgIpc) is 2.35. The Hall–Kier alpha value is -1.06. The summed E-state index contributed by atoms with van der Waals surface area (Å²) in [6.45, 7) is 6.31. The zero-order chi connectivity index (χ0) is 13.0. The van der Waals surface area contributed by atoms with Crippen molar-refractivity contribution in [3.8, 4) is 5.75 Å². The van der Waals surface area contributed by atoms with Gasteiger partial charge in [-0.1, -0.05) is 17.7 Å². The minimum absolute atomic E-state index is 0.415. The molecular weight excluding hydrogens is 224 g/mol. The van der Waals surface area contributed by atoms with Crippen molar-refractivity contribution in [1.82, 2.24) is 10.2 Å². The van der Waals surface area contributed by atoms with Crippen molar-refractivity contribution >= 4 is 0 Å². The Morgan fingerprint density at radius 3 is 2.78 bits per heavy atom. The summed E-state index contributed by atoms with van der Waals surface area (Å²) >= 11 is 0. The standard InChI is InChI=1S/C15H24N2O/c1-12-3-4-15(18)14(9-12)11-17(2)10-13-5-7-16-8-6-13/h3-4,9,13,16,18H,5-8,10-11H2,1-2H3. The summed E-state index contributed by atoms with van der Waals surface area (Å²) in [4.78, 5) is 2.32. The van der Waals surface area contributed by atoms with Gasteiger partial charge in [-0.05, 0) is 51.9 Å². The van der Waals surface area contributed by atoms with Crippen LogP contribution in [0.15, 0.2) is 18.2 Å². The third kappa shape index (κ3) is 3.72. The van der Waals surface area contributed by atoms with E-state index >= 15 is 0 Å². The number of hydrogen-bond acceptors (Lipinski definition) is 3. The van der Waals surface area contributed by atoms with E-state index in [0.717, 1.165) is 37.7 Å². The third-order valence-corrected chi connectivity index (χ3v) is 3.70. The normalized spacial score (nSPS) is 17.3. The second-order valence-electron chi connectivity index (χ2n) is 5.52. The van der Waals surface area contributed by atoms with Crippen molar-refractivity contribution in [3.05, 3.63) is 29.3 Å². The van der Waals surface area contributed by atoms with Gasteiger partial charge in [-0.2, -0.15) is 0 Å². The number of benzene rings is 1. The van der Waals surface area contributed by atoms with Crippen LogP contribution in [0.25, 0.3) is 0 Å². The fraction of sp³-hybridized carbons (Fsp3) is 0.600. The molecular formula is C15H24N2O. The number of phenols is 1. The Kier molecular flexibility index (Phi) is 4.61. The van der Waals surface area contributed by atoms with Gasteiger partial charge in [0.25, 0.3) is 0 Å². The summed E-state index contributed by atoms with van der Waals surface area (Å²) < 4.78 is 0. The monoisotopic (exact) mass is 248 g/mol. The van der Waals surface area contributed by atoms with E-state index in [1.54, 1.807) is 6.07 Å². The zero-order valence-corrected chi connectivity index (χ0v) is 11.4. The lowest BCUT2D eigenvalue weighted by atomic mass is 9.97. The maximum Gasteiger partial charge on any atom is 0.120 e. The second kappa shape index (κ2) is 6.21. The van der Waals surface area contributed by atoms with Gasteiger partial charge in [-0.25, -0.2) is 0 Å². The summed E-state index contributed by atoms with van der Waals surface area (Å²) in [5.74, 6) is 1.21. The molecule has 0 aromatic heterocycles. The molecule has 1 saturated heterocycles. The summed E-state index contributed by atoms with van der Waals surface area (Å²) in [5, 5.41) is 13.2. The molecule has 0 atom stereocenters. The number of hydrogen-bond donors (Lipinski definition) is 2. The number of rotatable bonds is 4. The molecule has 1 aliphatic heterocycles. The summed E-state index contributed by atoms with van der Waals surface area (Å²) in [6, 6.07) is 5.82. The lowest BCUT2D eigenvalue weighted by molar-refractivity contribution is 0.232. The molecule has 100 valence electrons. The van der Waals surface area contributed by atoms with Crippen LogP contribution in [0.4, 0.5) is 0 Å². The minimum Gasteiger partial charge on any atom is -0.508 e. The van der Waals surface area contributed by atoms with Gasteiger partial charge in [0.1, 0.15) is 5.75 Å². The molecule has 0 bridgehead atoms. The number of aryl methyl sites for hydroxylation is 1. The molecule has 18 heavy (non-hydrogen) atoms. The maximum atomic E-state index is 9.85. The van der Waals surface area contributed by atoms with Crippen molar-refractivity contribution in [2.45, 2.75) is 26.3 Å². The van der Waals surface area contributed by atoms with E-state index in [2.05, 4.69) is 30.3 Å². The smallest absolute Gasteiger partial charge is 0.120 e. The molecule has 0 amide bonds. The molecule has 0 aliphatic carbocycles. The third-order valence-electron chi connectivity index (χ3n) is 3.70. The highest BCUT2D eigenvalue weighted by atomic mass is 16.3. The Balaban J connectivity index is 1.89. The van der Waals surface area contributed by atoms with Crippen molar-refractivity contribution < 1.29 is 5.11 Å². The van der Waals surface area contributed by atoms with E-state index in [9.17, 15) is 5.11 Å². The predicted octanol–water partition coefficient (Wildman–Crippen LogP) is 2.13. The first-order valence-corrected chi connectivity index (χ1v) is 6.83. The largest absolute Gasteiger partial charge is 0.508 e. The van der Waals surface area contributed by atoms with Gasteiger partial charge in [-0.3, -0.25) is 0 Å². The number of nitrogens with zero attached hydrogens (tertiary/aromatic N) is 1. The van der Waals surface area contributed by atoms with Crippen LogP contribution >= 0.6 is 0 Å². The summed E-state index contributed by atoms with van der Waals surface area (Å²) in [7, 11) is 2.14. The molecule has 0 radical (unpaired) electrons. The first-order chi connectivity index (χ1) is 8.65. The van der Waals surface area contributed by atoms with E-state index < -0.39 is 0 Å². The fourth-order valence-electron chi connectivity index (χ4n) is 2.70. The minimum atomic E-state index is 0.415. The summed E-state index contributed by atoms with van der Waals surface area (Å²) in [6.07, 6.45) is 2.54. The van der Waals surface area contributed by atoms with E-state index in [1.165, 1.54) is 18.4 Å². The highest BCUT2D eigenvalue weighted by Crippen LogP contribution is 2.21. The van der Waals surface area contributed by atoms with Crippen LogP contribution in [0, 0.1) is 12.8 Å². The Morgan fingerprint density at radius 2 is 2.06 bits per heavy atom. The molecule has 3 nitrogen and oxygen atoms in total. The van der Waals surface area contributed by atoms with Crippen LogP contribution in [0.1, 0.15) is 24.0 Å². The van der Waals surface area contributed by atoms with Gasteiger partial charge in [0.05, 0.1) is 0 Å². The van der Waals surface area contributed by atoms with Crippen molar-refractivity contribution in [1.29, 1.82) is 0 Å². The van der Waals surface area contributed by atoms with Crippen molar-refractivity contribution in [2.75, 3.05) is 26.7 Å². The van der Waals surface area contributed by atoms with E-state index in [1.807, 2.05) is 6.07 Å². The van der Waals surface area contributed by atoms with Crippen LogP contribution in [-0.2, 0) is 6.54 Å². The van der Waals surface area contributed by atoms with Gasteiger partial charge in [0, 0.05) is 18.7 Å². The van der Waals surface area contributed by atoms with Gasteiger partial charge in [0.2, 0.25) is 0 Å². The lowest BCUT2D eigenvalue weighted by Crippen LogP contribution is -2.34. The SMILES string of the molecule is Cc1ccc(O)c(CN(C)CC2CCNCC2)c1. The van der Waals surface area contributed by atoms with E-state index in [0.29, 0.717) is 5.75 Å². The first kappa shape index (κ1) is 13.4. The molecule has 0 saturated carbocycles. The number of aromatic hydroxyl groups is 1. The molecule has 1 fully saturated rings. The van der Waals surface area contributed by atoms with Gasteiger partial charge in [-0.15, -0.1) is 0 Å². The lowest BCUT2D eigenvalue weighted by Gasteiger charge is -2.27. The molecule has 1 aromatic rings. The number of nitrogens with one attached hydrogen (secondary N) is 1. The molecule has 1 aromatic carbocycles. The van der Waals surface area contributed by atoms with Crippen LogP contribution in [0.2, 0.25) is 0 Å². The Morgan fingerprint density at radius 1 is 1.33 bits per heavy atom. The molecule has 3 heteroatoms. The van der Waals surface area contributed by atoms with Crippen LogP contribution in [-0.4, -0.2) is 36.7 Å². The molecule has 1 heterocycles. The quantitative estimate of drug-likeness (QED) is 0.857. The highest BCUT2D eigenvalue weighted by molar-refractivity contribution is 5.35. The van der Waals surface area contributed by atoms with E-state index in [4.69, 9.17) is 0 Å². The van der Waals surface area contributed by atoms with Crippen LogP contribution < -0.4 is 5.32 Å². The topological polar surface area (TPSA) is 35.5 Å². The molecule has 2 N–H and O–H groups in total. The number of piperidine rings is 1. The zero-order valence-electron chi connectivity index (χ0n) is 11.4. The summed E-state index contributed by atoms with van der Waals surface area (Å²) in [5.41, 5.74) is 2.24. The number of phenolic OH excluding ortho intramolecular Hbond substituents is 1. The second-order valence-corrected chi connectivity index (χ2v) is 5.52. The molecule has 0 unspecified atom stereocenters. The average molecular weight is 248 g/mol. The fourth-order valence-corrected chi connectivity index (χ4v) is 2.70. The molecule has 0 spiro atoms. The van der Waals surface area contributed by atoms with Crippen molar-refractivity contribution in [2.24, 2.45) is 5.92 Å². The molecule has 1 aliphatic rings. The van der Waals surface area contributed by atoms with Crippen LogP contribution in [0.3, 0.4) is 0 Å². The van der Waals surface area contributed by atoms with E-state index in [-0.39, 0.29) is 0 Å². The Bertz CT molecular complexity index is 386. The first-order valence-electron chi connectivity index (χ1n) is 6.83. The maximum absolute atomic E-state index is 9.85. The highest BCUT2D eigenvalue weighted by Gasteiger charge is 2.15. The Labute approximate surface area is 110 Å². The van der Waals surface area contributed by atoms with Gasteiger partial charge >= 0.3 is 0 Å². The van der Waals surface area contributed by atoms with Crippen LogP contribution in [0.5, 0.6) is 5.75 Å². The predicted molar refractivity (Wildman–Crippen MR) is 74.8 cm³/mol.